The lowest BCUT2D eigenvalue weighted by atomic mass is 9.94. The molecule has 0 aliphatic carbocycles. The molecule has 0 saturated carbocycles. The lowest BCUT2D eigenvalue weighted by molar-refractivity contribution is 0.124. The molecule has 0 aromatic heterocycles. The van der Waals surface area contributed by atoms with E-state index >= 15 is 0 Å². The number of hydrogen-bond acceptors (Lipinski definition) is 2. The normalized spacial score (nSPS) is 22.5. The highest BCUT2D eigenvalue weighted by molar-refractivity contribution is 5.89. The lowest BCUT2D eigenvalue weighted by Crippen LogP contribution is -2.44. The Kier molecular flexibility index (Phi) is 5.44. The maximum atomic E-state index is 12.9. The van der Waals surface area contributed by atoms with Crippen molar-refractivity contribution in [3.8, 4) is 0 Å². The third-order valence-electron chi connectivity index (χ3n) is 5.96. The number of urea groups is 1. The van der Waals surface area contributed by atoms with Crippen LogP contribution in [0.1, 0.15) is 30.9 Å². The van der Waals surface area contributed by atoms with Gasteiger partial charge in [0.05, 0.1) is 0 Å². The molecule has 5 rings (SSSR count). The Balaban J connectivity index is 1.40. The Morgan fingerprint density at radius 2 is 1.74 bits per heavy atom. The van der Waals surface area contributed by atoms with E-state index in [0.717, 1.165) is 38.3 Å². The molecule has 27 heavy (non-hydrogen) atoms. The van der Waals surface area contributed by atoms with Gasteiger partial charge >= 0.3 is 6.03 Å². The zero-order valence-corrected chi connectivity index (χ0v) is 16.1. The Labute approximate surface area is 162 Å². The van der Waals surface area contributed by atoms with E-state index in [1.165, 1.54) is 24.0 Å². The summed E-state index contributed by atoms with van der Waals surface area (Å²) in [6.45, 7) is 5.90. The number of carbonyl (C=O) groups excluding carboxylic acids is 1. The van der Waals surface area contributed by atoms with Gasteiger partial charge in [-0.2, -0.15) is 0 Å². The fourth-order valence-corrected chi connectivity index (χ4v) is 4.38. The van der Waals surface area contributed by atoms with Crippen LogP contribution >= 0.6 is 0 Å². The molecule has 4 nitrogen and oxygen atoms in total. The molecular formula is C23H29N3O. The van der Waals surface area contributed by atoms with Crippen molar-refractivity contribution in [2.45, 2.75) is 38.8 Å². The highest BCUT2D eigenvalue weighted by Gasteiger charge is 2.36. The van der Waals surface area contributed by atoms with Crippen molar-refractivity contribution in [3.63, 3.8) is 0 Å². The van der Waals surface area contributed by atoms with Crippen LogP contribution < -0.4 is 5.32 Å². The third kappa shape index (κ3) is 4.33. The zero-order chi connectivity index (χ0) is 18.6. The molecule has 0 spiro atoms. The van der Waals surface area contributed by atoms with Crippen molar-refractivity contribution in [3.05, 3.63) is 65.7 Å². The Hall–Kier alpha value is -2.33. The van der Waals surface area contributed by atoms with Gasteiger partial charge in [-0.05, 0) is 48.4 Å². The second-order valence-electron chi connectivity index (χ2n) is 7.90. The zero-order valence-electron chi connectivity index (χ0n) is 16.1. The predicted octanol–water partition coefficient (Wildman–Crippen LogP) is 4.38. The summed E-state index contributed by atoms with van der Waals surface area (Å²) in [7, 11) is 0. The number of benzene rings is 2. The van der Waals surface area contributed by atoms with Gasteiger partial charge in [0, 0.05) is 37.9 Å². The van der Waals surface area contributed by atoms with Gasteiger partial charge in [-0.25, -0.2) is 4.79 Å². The van der Waals surface area contributed by atoms with E-state index in [9.17, 15) is 4.79 Å². The van der Waals surface area contributed by atoms with Crippen molar-refractivity contribution in [2.75, 3.05) is 25.0 Å². The molecule has 3 saturated heterocycles. The van der Waals surface area contributed by atoms with E-state index in [1.54, 1.807) is 0 Å². The summed E-state index contributed by atoms with van der Waals surface area (Å²) < 4.78 is 0. The molecule has 3 aliphatic heterocycles. The van der Waals surface area contributed by atoms with Gasteiger partial charge in [0.1, 0.15) is 0 Å². The van der Waals surface area contributed by atoms with Crippen LogP contribution in [0.5, 0.6) is 0 Å². The minimum atomic E-state index is 0.0395. The number of fused-ring (bicyclic) bond motifs is 4. The first kappa shape index (κ1) is 18.1. The van der Waals surface area contributed by atoms with Crippen molar-refractivity contribution in [2.24, 2.45) is 5.92 Å². The molecule has 1 N–H and O–H groups in total. The molecule has 2 bridgehead atoms. The number of aryl methyl sites for hydroxylation is 1. The number of carbonyl (C=O) groups is 1. The Morgan fingerprint density at radius 3 is 2.48 bits per heavy atom. The molecule has 3 aliphatic rings. The van der Waals surface area contributed by atoms with Crippen LogP contribution in [0.3, 0.4) is 0 Å². The third-order valence-corrected chi connectivity index (χ3v) is 5.96. The summed E-state index contributed by atoms with van der Waals surface area (Å²) in [5.74, 6) is 0.570. The van der Waals surface area contributed by atoms with Crippen LogP contribution in [0, 0.1) is 5.92 Å². The van der Waals surface area contributed by atoms with Gasteiger partial charge in [0.25, 0.3) is 0 Å². The quantitative estimate of drug-likeness (QED) is 0.875. The molecule has 0 unspecified atom stereocenters. The van der Waals surface area contributed by atoms with Crippen LogP contribution in [0.25, 0.3) is 0 Å². The standard InChI is InChI=1S/C23H29N3O/c1-2-18-8-11-21(12-9-18)24-23(27)26-16-20-10-13-22(17-26)25(15-20)14-19-6-4-3-5-7-19/h3-9,11-12,20,22H,2,10,13-17H2,1H3,(H,24,27)/t20-,22-/m1/s1. The average molecular weight is 364 g/mol. The lowest BCUT2D eigenvalue weighted by Gasteiger charge is -2.36. The molecule has 4 heteroatoms. The molecule has 142 valence electrons. The van der Waals surface area contributed by atoms with Crippen LogP contribution in [0.2, 0.25) is 0 Å². The van der Waals surface area contributed by atoms with Crippen molar-refractivity contribution >= 4 is 11.7 Å². The maximum Gasteiger partial charge on any atom is 0.321 e. The highest BCUT2D eigenvalue weighted by atomic mass is 16.2. The Morgan fingerprint density at radius 1 is 0.963 bits per heavy atom. The topological polar surface area (TPSA) is 35.6 Å². The van der Waals surface area contributed by atoms with E-state index in [0.29, 0.717) is 12.0 Å². The first-order valence-corrected chi connectivity index (χ1v) is 10.1. The fraction of sp³-hybridized carbons (Fsp3) is 0.435. The second-order valence-corrected chi connectivity index (χ2v) is 7.90. The smallest absolute Gasteiger partial charge is 0.321 e. The molecule has 2 aromatic rings. The average Bonchev–Trinajstić information content (AvgIpc) is 3.01. The molecule has 2 aromatic carbocycles. The van der Waals surface area contributed by atoms with Gasteiger partial charge in [0.15, 0.2) is 0 Å². The largest absolute Gasteiger partial charge is 0.323 e. The molecule has 0 radical (unpaired) electrons. The SMILES string of the molecule is CCc1ccc(NC(=O)N2C[C@@H]3CC[C@H](C2)N(Cc2ccccc2)C3)cc1. The van der Waals surface area contributed by atoms with Crippen LogP contribution in [0.15, 0.2) is 54.6 Å². The minimum Gasteiger partial charge on any atom is -0.323 e. The molecule has 2 amide bonds. The monoisotopic (exact) mass is 363 g/mol. The summed E-state index contributed by atoms with van der Waals surface area (Å²) in [4.78, 5) is 17.5. The van der Waals surface area contributed by atoms with E-state index < -0.39 is 0 Å². The number of hydrogen-bond donors (Lipinski definition) is 1. The highest BCUT2D eigenvalue weighted by Crippen LogP contribution is 2.29. The van der Waals surface area contributed by atoms with Crippen LogP contribution in [-0.4, -0.2) is 41.5 Å². The number of rotatable bonds is 4. The first-order chi connectivity index (χ1) is 13.2. The van der Waals surface area contributed by atoms with Gasteiger partial charge in [-0.3, -0.25) is 4.90 Å². The summed E-state index contributed by atoms with van der Waals surface area (Å²) in [6.07, 6.45) is 3.43. The number of anilines is 1. The second kappa shape index (κ2) is 8.13. The van der Waals surface area contributed by atoms with Gasteiger partial charge < -0.3 is 10.2 Å². The van der Waals surface area contributed by atoms with Crippen molar-refractivity contribution < 1.29 is 4.79 Å². The minimum absolute atomic E-state index is 0.0395. The Bertz CT molecular complexity index is 759. The van der Waals surface area contributed by atoms with E-state index in [4.69, 9.17) is 0 Å². The van der Waals surface area contributed by atoms with Gasteiger partial charge in [-0.1, -0.05) is 49.4 Å². The number of nitrogens with one attached hydrogen (secondary N) is 1. The molecule has 3 heterocycles. The van der Waals surface area contributed by atoms with Gasteiger partial charge in [-0.15, -0.1) is 0 Å². The van der Waals surface area contributed by atoms with E-state index in [1.807, 2.05) is 17.0 Å². The van der Waals surface area contributed by atoms with Crippen molar-refractivity contribution in [1.29, 1.82) is 0 Å². The predicted molar refractivity (Wildman–Crippen MR) is 110 cm³/mol. The first-order valence-electron chi connectivity index (χ1n) is 10.1. The van der Waals surface area contributed by atoms with E-state index in [-0.39, 0.29) is 6.03 Å². The maximum absolute atomic E-state index is 12.9. The molecular weight excluding hydrogens is 334 g/mol. The summed E-state index contributed by atoms with van der Waals surface area (Å²) in [5, 5.41) is 3.09. The summed E-state index contributed by atoms with van der Waals surface area (Å²) in [5.41, 5.74) is 3.53. The summed E-state index contributed by atoms with van der Waals surface area (Å²) >= 11 is 0. The number of nitrogens with zero attached hydrogens (tertiary/aromatic N) is 2. The van der Waals surface area contributed by atoms with Gasteiger partial charge in [0.2, 0.25) is 0 Å². The van der Waals surface area contributed by atoms with E-state index in [2.05, 4.69) is 59.6 Å². The summed E-state index contributed by atoms with van der Waals surface area (Å²) in [6, 6.07) is 19.4. The molecule has 2 atom stereocenters. The number of piperidine rings is 1. The van der Waals surface area contributed by atoms with Crippen LogP contribution in [0.4, 0.5) is 10.5 Å². The van der Waals surface area contributed by atoms with Crippen LogP contribution in [-0.2, 0) is 13.0 Å². The fourth-order valence-electron chi connectivity index (χ4n) is 4.38. The van der Waals surface area contributed by atoms with Crippen molar-refractivity contribution in [1.82, 2.24) is 9.80 Å². The number of amides is 2. The molecule has 3 fully saturated rings.